The molecule has 2 fully saturated rings. The molecule has 0 spiro atoms. The predicted molar refractivity (Wildman–Crippen MR) is 254 cm³/mol. The second-order valence-corrected chi connectivity index (χ2v) is 19.1. The van der Waals surface area contributed by atoms with Crippen LogP contribution in [-0.2, 0) is 37.8 Å². The first-order valence-corrected chi connectivity index (χ1v) is 22.7. The van der Waals surface area contributed by atoms with Gasteiger partial charge in [-0.15, -0.1) is 0 Å². The van der Waals surface area contributed by atoms with E-state index >= 15 is 0 Å². The van der Waals surface area contributed by atoms with Gasteiger partial charge in [-0.1, -0.05) is 20.4 Å². The van der Waals surface area contributed by atoms with Crippen molar-refractivity contribution in [2.75, 3.05) is 58.1 Å². The lowest BCUT2D eigenvalue weighted by Gasteiger charge is -2.48. The Morgan fingerprint density at radius 1 is 1.00 bits per heavy atom. The van der Waals surface area contributed by atoms with Gasteiger partial charge in [-0.2, -0.15) is 0 Å². The zero-order chi connectivity index (χ0) is 45.9. The molecule has 340 valence electrons. The second-order valence-electron chi connectivity index (χ2n) is 19.1. The summed E-state index contributed by atoms with van der Waals surface area (Å²) in [5, 5.41) is 17.0. The third-order valence-corrected chi connectivity index (χ3v) is 13.9. The predicted octanol–water partition coefficient (Wildman–Crippen LogP) is 6.80. The van der Waals surface area contributed by atoms with Gasteiger partial charge >= 0.3 is 0 Å². The number of hydrogen-bond donors (Lipinski definition) is 3. The number of nitrogens with zero attached hydrogens (tertiary/aromatic N) is 8. The number of aryl methyl sites for hydroxylation is 2. The lowest BCUT2D eigenvalue weighted by Crippen LogP contribution is -2.58. The molecule has 0 radical (unpaired) electrons. The summed E-state index contributed by atoms with van der Waals surface area (Å²) in [6.45, 7) is 18.4. The molecule has 4 aliphatic rings. The zero-order valence-electron chi connectivity index (χ0n) is 38.2. The number of aliphatic hydroxyl groups is 1. The molecule has 2 saturated heterocycles. The van der Waals surface area contributed by atoms with Crippen LogP contribution in [0.1, 0.15) is 73.4 Å². The molecular weight excluding hydrogens is 824 g/mol. The summed E-state index contributed by atoms with van der Waals surface area (Å²) in [4.78, 5) is 58.8. The van der Waals surface area contributed by atoms with E-state index in [-0.39, 0.29) is 40.5 Å². The van der Waals surface area contributed by atoms with Gasteiger partial charge in [0.1, 0.15) is 17.3 Å². The van der Waals surface area contributed by atoms with Gasteiger partial charge in [0, 0.05) is 105 Å². The number of pyridine rings is 1. The van der Waals surface area contributed by atoms with E-state index in [0.29, 0.717) is 70.4 Å². The van der Waals surface area contributed by atoms with E-state index in [0.717, 1.165) is 63.2 Å². The van der Waals surface area contributed by atoms with Gasteiger partial charge < -0.3 is 34.7 Å². The lowest BCUT2D eigenvalue weighted by molar-refractivity contribution is -0.111. The van der Waals surface area contributed by atoms with E-state index in [1.807, 2.05) is 37.3 Å². The Hall–Kier alpha value is -6.32. The van der Waals surface area contributed by atoms with Gasteiger partial charge in [0.25, 0.3) is 11.5 Å². The van der Waals surface area contributed by atoms with Crippen LogP contribution < -0.4 is 30.9 Å². The SMILES string of the molecule is C=CC(=O)Nc1cc(Nc2nc(-c3ccnc(N4CCn5c(cc6c5CC(C)(C)C6)C4=O)c3CO)cn(C)c2=O)ccc1N1CCN(C2CCN(c3ccc(F)c(C)c3)[C@H](C)C2)C[C@@H]1C. The molecule has 6 heterocycles. The van der Waals surface area contributed by atoms with Crippen LogP contribution in [0.25, 0.3) is 11.3 Å². The molecule has 1 unspecified atom stereocenters. The molecule has 15 heteroatoms. The number of benzene rings is 2. The number of halogens is 1. The average molecular weight is 883 g/mol. The smallest absolute Gasteiger partial charge is 0.293 e. The van der Waals surface area contributed by atoms with Gasteiger partial charge in [-0.05, 0) is 118 Å². The normalized spacial score (nSPS) is 20.7. The molecule has 3 aromatic heterocycles. The highest BCUT2D eigenvalue weighted by molar-refractivity contribution is 6.06. The van der Waals surface area contributed by atoms with Crippen molar-refractivity contribution in [1.82, 2.24) is 24.0 Å². The molecule has 3 aliphatic heterocycles. The number of aromatic nitrogens is 4. The number of carbonyl (C=O) groups excluding carboxylic acids is 2. The number of piperidine rings is 1. The molecule has 0 bridgehead atoms. The van der Waals surface area contributed by atoms with Crippen molar-refractivity contribution in [2.24, 2.45) is 12.5 Å². The second kappa shape index (κ2) is 17.2. The topological polar surface area (TPSA) is 144 Å². The Kier molecular flexibility index (Phi) is 11.6. The first kappa shape index (κ1) is 43.9. The maximum absolute atomic E-state index is 14.0. The van der Waals surface area contributed by atoms with E-state index in [4.69, 9.17) is 4.98 Å². The van der Waals surface area contributed by atoms with Crippen LogP contribution in [0.2, 0.25) is 0 Å². The summed E-state index contributed by atoms with van der Waals surface area (Å²) < 4.78 is 17.6. The lowest BCUT2D eigenvalue weighted by atomic mass is 9.90. The minimum absolute atomic E-state index is 0.0436. The van der Waals surface area contributed by atoms with E-state index in [1.165, 1.54) is 21.9 Å². The molecule has 0 saturated carbocycles. The van der Waals surface area contributed by atoms with Crippen molar-refractivity contribution in [3.05, 3.63) is 118 Å². The number of carbonyl (C=O) groups is 2. The molecule has 3 N–H and O–H groups in total. The van der Waals surface area contributed by atoms with E-state index < -0.39 is 6.61 Å². The van der Waals surface area contributed by atoms with Crippen molar-refractivity contribution in [1.29, 1.82) is 0 Å². The monoisotopic (exact) mass is 882 g/mol. The maximum Gasteiger partial charge on any atom is 0.293 e. The third-order valence-electron chi connectivity index (χ3n) is 13.9. The van der Waals surface area contributed by atoms with Crippen molar-refractivity contribution in [3.63, 3.8) is 0 Å². The van der Waals surface area contributed by atoms with Gasteiger partial charge in [-0.3, -0.25) is 24.2 Å². The summed E-state index contributed by atoms with van der Waals surface area (Å²) in [6, 6.07) is 15.6. The van der Waals surface area contributed by atoms with Crippen LogP contribution >= 0.6 is 0 Å². The number of nitrogens with one attached hydrogen (secondary N) is 2. The van der Waals surface area contributed by atoms with Gasteiger partial charge in [-0.25, -0.2) is 14.4 Å². The number of anilines is 6. The molecule has 2 amide bonds. The summed E-state index contributed by atoms with van der Waals surface area (Å²) in [7, 11) is 1.64. The third kappa shape index (κ3) is 8.31. The van der Waals surface area contributed by atoms with Gasteiger partial charge in [0.2, 0.25) is 5.91 Å². The molecule has 9 rings (SSSR count). The summed E-state index contributed by atoms with van der Waals surface area (Å²) in [5.74, 6) is -0.302. The number of rotatable bonds is 10. The quantitative estimate of drug-likeness (QED) is 0.128. The van der Waals surface area contributed by atoms with E-state index in [2.05, 4.69) is 69.2 Å². The Balaban J connectivity index is 0.933. The Bertz CT molecular complexity index is 2760. The highest BCUT2D eigenvalue weighted by atomic mass is 19.1. The first-order chi connectivity index (χ1) is 31.1. The molecule has 2 aromatic carbocycles. The largest absolute Gasteiger partial charge is 0.392 e. The number of amides is 2. The fraction of sp³-hybridized carbons (Fsp3) is 0.420. The van der Waals surface area contributed by atoms with Crippen LogP contribution in [0.5, 0.6) is 0 Å². The Morgan fingerprint density at radius 2 is 1.82 bits per heavy atom. The van der Waals surface area contributed by atoms with Crippen LogP contribution in [0.15, 0.2) is 78.4 Å². The highest BCUT2D eigenvalue weighted by Gasteiger charge is 2.38. The molecule has 3 atom stereocenters. The fourth-order valence-corrected chi connectivity index (χ4v) is 10.7. The highest BCUT2D eigenvalue weighted by Crippen LogP contribution is 2.41. The standard InChI is InChI=1S/C50H59FN10O4/c1-8-45(63)54-40-24-34(9-12-42(40)59-18-17-57(27-32(59)4)35-14-16-58(31(3)22-35)36-10-11-39(51)30(2)21-36)53-46-49(65)56(7)28-41(55-46)37-13-15-52-47(38(37)29-62)61-20-19-60-43(48(61)64)23-33-25-50(5,6)26-44(33)60/h8-13,15,21,23-24,28,31-32,35,62H,1,14,16-20,22,25-27,29H2,2-7H3,(H,53,55)(H,54,63)/t31-,32+,35?/m1/s1. The molecular formula is C50H59FN10O4. The number of fused-ring (bicyclic) bond motifs is 3. The van der Waals surface area contributed by atoms with Gasteiger partial charge in [0.05, 0.1) is 23.7 Å². The van der Waals surface area contributed by atoms with Crippen molar-refractivity contribution in [2.45, 2.75) is 91.6 Å². The molecule has 65 heavy (non-hydrogen) atoms. The van der Waals surface area contributed by atoms with Crippen LogP contribution in [0, 0.1) is 18.2 Å². The fourth-order valence-electron chi connectivity index (χ4n) is 10.7. The van der Waals surface area contributed by atoms with Crippen molar-refractivity contribution in [3.8, 4) is 11.3 Å². The first-order valence-electron chi connectivity index (χ1n) is 22.7. The number of aliphatic hydroxyl groups excluding tert-OH is 1. The molecule has 1 aliphatic carbocycles. The molecule has 14 nitrogen and oxygen atoms in total. The van der Waals surface area contributed by atoms with E-state index in [9.17, 15) is 23.9 Å². The maximum atomic E-state index is 14.0. The summed E-state index contributed by atoms with van der Waals surface area (Å²) in [6.07, 6.45) is 8.31. The van der Waals surface area contributed by atoms with E-state index in [1.54, 1.807) is 42.5 Å². The number of hydrogen-bond acceptors (Lipinski definition) is 10. The van der Waals surface area contributed by atoms with Crippen LogP contribution in [0.4, 0.5) is 38.8 Å². The Morgan fingerprint density at radius 3 is 2.55 bits per heavy atom. The summed E-state index contributed by atoms with van der Waals surface area (Å²) in [5.41, 5.74) is 7.93. The Labute approximate surface area is 379 Å². The zero-order valence-corrected chi connectivity index (χ0v) is 38.2. The minimum atomic E-state index is -0.405. The van der Waals surface area contributed by atoms with Crippen LogP contribution in [0.3, 0.4) is 0 Å². The number of piperazine rings is 1. The average Bonchev–Trinajstić information content (AvgIpc) is 3.78. The molecule has 5 aromatic rings. The van der Waals surface area contributed by atoms with Gasteiger partial charge in [0.15, 0.2) is 5.82 Å². The minimum Gasteiger partial charge on any atom is -0.392 e. The van der Waals surface area contributed by atoms with Crippen LogP contribution in [-0.4, -0.2) is 91.8 Å². The van der Waals surface area contributed by atoms with Crippen molar-refractivity contribution >= 4 is 46.2 Å². The summed E-state index contributed by atoms with van der Waals surface area (Å²) >= 11 is 0. The van der Waals surface area contributed by atoms with Crippen molar-refractivity contribution < 1.29 is 19.1 Å².